The lowest BCUT2D eigenvalue weighted by molar-refractivity contribution is -0.384. The van der Waals surface area contributed by atoms with E-state index < -0.39 is 10.8 Å². The van der Waals surface area contributed by atoms with Crippen LogP contribution in [-0.2, 0) is 9.53 Å². The van der Waals surface area contributed by atoms with E-state index in [4.69, 9.17) is 10.00 Å². The molecule has 8 nitrogen and oxygen atoms in total. The molecular formula is C14H16N4O4. The second kappa shape index (κ2) is 9.10. The fraction of sp³-hybridized carbons (Fsp3) is 0.286. The summed E-state index contributed by atoms with van der Waals surface area (Å²) in [7, 11) is 1.57. The Balaban J connectivity index is 2.59. The number of hydrogen-bond donors (Lipinski definition) is 2. The van der Waals surface area contributed by atoms with Crippen LogP contribution in [0, 0.1) is 21.4 Å². The van der Waals surface area contributed by atoms with Gasteiger partial charge in [-0.15, -0.1) is 0 Å². The summed E-state index contributed by atoms with van der Waals surface area (Å²) >= 11 is 0. The second-order valence-electron chi connectivity index (χ2n) is 4.22. The van der Waals surface area contributed by atoms with Gasteiger partial charge < -0.3 is 15.4 Å². The maximum Gasteiger partial charge on any atom is 0.269 e. The number of carbonyl (C=O) groups excluding carboxylic acids is 1. The number of benzene rings is 1. The zero-order chi connectivity index (χ0) is 16.4. The molecule has 0 saturated heterocycles. The van der Waals surface area contributed by atoms with Gasteiger partial charge in [0.1, 0.15) is 11.6 Å². The van der Waals surface area contributed by atoms with Crippen molar-refractivity contribution < 1.29 is 14.5 Å². The molecule has 8 heteroatoms. The van der Waals surface area contributed by atoms with E-state index in [2.05, 4.69) is 10.6 Å². The number of ether oxygens (including phenoxy) is 1. The first kappa shape index (κ1) is 17.1. The molecule has 0 saturated carbocycles. The molecule has 1 rings (SSSR count). The van der Waals surface area contributed by atoms with Gasteiger partial charge in [-0.05, 0) is 18.6 Å². The Labute approximate surface area is 127 Å². The minimum Gasteiger partial charge on any atom is -0.385 e. The Morgan fingerprint density at radius 1 is 1.45 bits per heavy atom. The molecule has 0 heterocycles. The minimum absolute atomic E-state index is 0.0362. The third-order valence-corrected chi connectivity index (χ3v) is 2.64. The van der Waals surface area contributed by atoms with Crippen LogP contribution in [-0.4, -0.2) is 31.1 Å². The predicted molar refractivity (Wildman–Crippen MR) is 79.9 cm³/mol. The van der Waals surface area contributed by atoms with Gasteiger partial charge in [-0.3, -0.25) is 14.9 Å². The summed E-state index contributed by atoms with van der Waals surface area (Å²) in [5, 5.41) is 24.8. The molecule has 0 spiro atoms. The molecule has 1 aromatic rings. The number of nitriles is 1. The van der Waals surface area contributed by atoms with Crippen LogP contribution >= 0.6 is 0 Å². The Morgan fingerprint density at radius 3 is 2.68 bits per heavy atom. The molecule has 0 aliphatic heterocycles. The fourth-order valence-corrected chi connectivity index (χ4v) is 1.50. The quantitative estimate of drug-likeness (QED) is 0.247. The molecule has 0 bridgehead atoms. The number of nitrogens with one attached hydrogen (secondary N) is 2. The van der Waals surface area contributed by atoms with E-state index in [-0.39, 0.29) is 11.3 Å². The molecule has 0 radical (unpaired) electrons. The molecule has 0 atom stereocenters. The molecular weight excluding hydrogens is 288 g/mol. The molecule has 1 amide bonds. The van der Waals surface area contributed by atoms with Gasteiger partial charge in [0, 0.05) is 44.3 Å². The number of hydrogen-bond acceptors (Lipinski definition) is 6. The number of nitro groups is 1. The van der Waals surface area contributed by atoms with Crippen molar-refractivity contribution in [1.29, 1.82) is 5.26 Å². The van der Waals surface area contributed by atoms with Gasteiger partial charge in [0.25, 0.3) is 11.6 Å². The van der Waals surface area contributed by atoms with Crippen LogP contribution in [0.25, 0.3) is 0 Å². The van der Waals surface area contributed by atoms with Gasteiger partial charge >= 0.3 is 0 Å². The standard InChI is InChI=1S/C14H16N4O4/c1-22-8-2-7-16-14(19)11(9-15)10-17-12-3-5-13(6-4-12)18(20)21/h3-6,10,17H,2,7-8H2,1H3,(H,16,19)/b11-10-. The number of anilines is 1. The van der Waals surface area contributed by atoms with Gasteiger partial charge in [0.15, 0.2) is 0 Å². The monoisotopic (exact) mass is 304 g/mol. The third kappa shape index (κ3) is 5.60. The highest BCUT2D eigenvalue weighted by Crippen LogP contribution is 2.15. The molecule has 2 N–H and O–H groups in total. The predicted octanol–water partition coefficient (Wildman–Crippen LogP) is 1.57. The Hall–Kier alpha value is -2.92. The summed E-state index contributed by atoms with van der Waals surface area (Å²) in [4.78, 5) is 21.8. The first-order valence-electron chi connectivity index (χ1n) is 6.47. The van der Waals surface area contributed by atoms with Crippen LogP contribution in [0.15, 0.2) is 36.0 Å². The van der Waals surface area contributed by atoms with Crippen LogP contribution in [0.4, 0.5) is 11.4 Å². The lowest BCUT2D eigenvalue weighted by atomic mass is 10.2. The molecule has 1 aromatic carbocycles. The molecule has 0 aromatic heterocycles. The van der Waals surface area contributed by atoms with Crippen molar-refractivity contribution in [3.05, 3.63) is 46.2 Å². The first-order valence-corrected chi connectivity index (χ1v) is 6.47. The lowest BCUT2D eigenvalue weighted by Gasteiger charge is -2.04. The zero-order valence-corrected chi connectivity index (χ0v) is 12.0. The van der Waals surface area contributed by atoms with Crippen LogP contribution < -0.4 is 10.6 Å². The van der Waals surface area contributed by atoms with Crippen molar-refractivity contribution in [2.24, 2.45) is 0 Å². The number of nitrogens with zero attached hydrogens (tertiary/aromatic N) is 2. The number of non-ortho nitro benzene ring substituents is 1. The summed E-state index contributed by atoms with van der Waals surface area (Å²) in [6.07, 6.45) is 1.91. The largest absolute Gasteiger partial charge is 0.385 e. The summed E-state index contributed by atoms with van der Waals surface area (Å²) < 4.78 is 4.85. The van der Waals surface area contributed by atoms with Crippen LogP contribution in [0.5, 0.6) is 0 Å². The lowest BCUT2D eigenvalue weighted by Crippen LogP contribution is -2.26. The van der Waals surface area contributed by atoms with Crippen molar-refractivity contribution in [3.8, 4) is 6.07 Å². The van der Waals surface area contributed by atoms with Gasteiger partial charge in [0.05, 0.1) is 4.92 Å². The number of rotatable bonds is 8. The highest BCUT2D eigenvalue weighted by Gasteiger charge is 2.08. The Morgan fingerprint density at radius 2 is 2.14 bits per heavy atom. The zero-order valence-electron chi connectivity index (χ0n) is 12.0. The number of methoxy groups -OCH3 is 1. The first-order chi connectivity index (χ1) is 10.6. The summed E-state index contributed by atoms with van der Waals surface area (Å²) in [5.41, 5.74) is 0.409. The van der Waals surface area contributed by atoms with E-state index in [9.17, 15) is 14.9 Å². The summed E-state index contributed by atoms with van der Waals surface area (Å²) in [6, 6.07) is 7.41. The van der Waals surface area contributed by atoms with Crippen molar-refractivity contribution in [2.45, 2.75) is 6.42 Å². The Bertz CT molecular complexity index is 590. The molecule has 116 valence electrons. The van der Waals surface area contributed by atoms with E-state index in [1.807, 2.05) is 0 Å². The number of nitro benzene ring substituents is 1. The van der Waals surface area contributed by atoms with Gasteiger partial charge in [-0.25, -0.2) is 0 Å². The van der Waals surface area contributed by atoms with Crippen LogP contribution in [0.2, 0.25) is 0 Å². The molecule has 0 aliphatic carbocycles. The van der Waals surface area contributed by atoms with Crippen molar-refractivity contribution in [1.82, 2.24) is 5.32 Å². The molecule has 22 heavy (non-hydrogen) atoms. The van der Waals surface area contributed by atoms with Crippen LogP contribution in [0.1, 0.15) is 6.42 Å². The smallest absolute Gasteiger partial charge is 0.269 e. The normalized spacial score (nSPS) is 10.6. The van der Waals surface area contributed by atoms with E-state index >= 15 is 0 Å². The highest BCUT2D eigenvalue weighted by atomic mass is 16.6. The molecule has 0 aliphatic rings. The van der Waals surface area contributed by atoms with Crippen molar-refractivity contribution >= 4 is 17.3 Å². The summed E-state index contributed by atoms with van der Waals surface area (Å²) in [6.45, 7) is 0.927. The maximum atomic E-state index is 11.7. The van der Waals surface area contributed by atoms with E-state index in [0.717, 1.165) is 0 Å². The van der Waals surface area contributed by atoms with Gasteiger partial charge in [-0.1, -0.05) is 0 Å². The topological polar surface area (TPSA) is 117 Å². The molecule has 0 unspecified atom stereocenters. The van der Waals surface area contributed by atoms with E-state index in [0.29, 0.717) is 25.3 Å². The Kier molecular flexibility index (Phi) is 7.08. The maximum absolute atomic E-state index is 11.7. The average molecular weight is 304 g/mol. The van der Waals surface area contributed by atoms with Crippen molar-refractivity contribution in [3.63, 3.8) is 0 Å². The van der Waals surface area contributed by atoms with E-state index in [1.165, 1.54) is 30.5 Å². The third-order valence-electron chi connectivity index (χ3n) is 2.64. The van der Waals surface area contributed by atoms with Crippen LogP contribution in [0.3, 0.4) is 0 Å². The summed E-state index contributed by atoms with van der Waals surface area (Å²) in [5.74, 6) is -0.493. The van der Waals surface area contributed by atoms with E-state index in [1.54, 1.807) is 13.2 Å². The SMILES string of the molecule is COCCCNC(=O)/C(C#N)=C\Nc1ccc([N+](=O)[O-])cc1. The number of amides is 1. The molecule has 0 fully saturated rings. The van der Waals surface area contributed by atoms with Crippen molar-refractivity contribution in [2.75, 3.05) is 25.6 Å². The second-order valence-corrected chi connectivity index (χ2v) is 4.22. The fourth-order valence-electron chi connectivity index (χ4n) is 1.50. The van der Waals surface area contributed by atoms with Gasteiger partial charge in [0.2, 0.25) is 0 Å². The van der Waals surface area contributed by atoms with Gasteiger partial charge in [-0.2, -0.15) is 5.26 Å². The minimum atomic E-state index is -0.506. The number of carbonyl (C=O) groups is 1. The average Bonchev–Trinajstić information content (AvgIpc) is 2.52. The highest BCUT2D eigenvalue weighted by molar-refractivity contribution is 5.97.